The van der Waals surface area contributed by atoms with Gasteiger partial charge in [0.15, 0.2) is 0 Å². The number of carbonyl (C=O) groups is 1. The van der Waals surface area contributed by atoms with Crippen molar-refractivity contribution in [3.05, 3.63) is 83.6 Å². The van der Waals surface area contributed by atoms with E-state index in [1.54, 1.807) is 0 Å². The Bertz CT molecular complexity index is 1010. The first-order valence-corrected chi connectivity index (χ1v) is 13.0. The lowest BCUT2D eigenvalue weighted by Gasteiger charge is -2.44. The highest BCUT2D eigenvalue weighted by molar-refractivity contribution is 5.73. The van der Waals surface area contributed by atoms with Crippen molar-refractivity contribution < 1.29 is 19.0 Å². The number of carbonyl (C=O) groups excluding carboxylic acids is 1. The summed E-state index contributed by atoms with van der Waals surface area (Å²) in [5.41, 5.74) is 2.06. The van der Waals surface area contributed by atoms with Gasteiger partial charge in [-0.05, 0) is 61.1 Å². The predicted octanol–water partition coefficient (Wildman–Crippen LogP) is 7.05. The number of fused-ring (bicyclic) bond motifs is 1. The van der Waals surface area contributed by atoms with Gasteiger partial charge in [-0.15, -0.1) is 0 Å². The number of nitrogens with zero attached hydrogens (tertiary/aromatic N) is 1. The third kappa shape index (κ3) is 4.58. The Labute approximate surface area is 209 Å². The molecule has 1 saturated carbocycles. The van der Waals surface area contributed by atoms with Gasteiger partial charge < -0.3 is 14.2 Å². The zero-order chi connectivity index (χ0) is 24.6. The summed E-state index contributed by atoms with van der Waals surface area (Å²) in [7, 11) is 0. The van der Waals surface area contributed by atoms with Gasteiger partial charge in [0.05, 0.1) is 17.9 Å². The van der Waals surface area contributed by atoms with Gasteiger partial charge in [-0.3, -0.25) is 4.90 Å². The largest absolute Gasteiger partial charge is 0.433 e. The fraction of sp³-hybridized carbons (Fsp3) is 0.500. The number of hydrogen-bond acceptors (Lipinski definition) is 4. The smallest absolute Gasteiger partial charge is 0.416 e. The summed E-state index contributed by atoms with van der Waals surface area (Å²) >= 11 is 0. The molecule has 0 bridgehead atoms. The van der Waals surface area contributed by atoms with Crippen LogP contribution in [0.5, 0.6) is 0 Å². The average Bonchev–Trinajstić information content (AvgIpc) is 3.11. The maximum atomic E-state index is 13.7. The maximum Gasteiger partial charge on any atom is 0.416 e. The molecule has 1 amide bonds. The average molecular weight is 476 g/mol. The molecule has 5 heteroatoms. The molecule has 3 unspecified atom stereocenters. The molecular weight excluding hydrogens is 438 g/mol. The molecule has 2 aromatic carbocycles. The van der Waals surface area contributed by atoms with E-state index in [9.17, 15) is 4.79 Å². The second-order valence-electron chi connectivity index (χ2n) is 10.8. The monoisotopic (exact) mass is 475 g/mol. The van der Waals surface area contributed by atoms with E-state index < -0.39 is 18.1 Å². The molecule has 1 saturated heterocycles. The Morgan fingerprint density at radius 1 is 0.971 bits per heavy atom. The number of ether oxygens (including phenoxy) is 3. The summed E-state index contributed by atoms with van der Waals surface area (Å²) < 4.78 is 19.3. The SMILES string of the molecule is CC1=CCC2N(C(c3ccccc3)c3ccccc3)C(=O)OC2(OC2C[C@H](C)CC[C@H]2C(C)C)O1. The van der Waals surface area contributed by atoms with Gasteiger partial charge in [-0.2, -0.15) is 0 Å². The van der Waals surface area contributed by atoms with Crippen LogP contribution in [-0.4, -0.2) is 29.1 Å². The van der Waals surface area contributed by atoms with Gasteiger partial charge in [0.25, 0.3) is 0 Å². The lowest BCUT2D eigenvalue weighted by atomic mass is 9.75. The van der Waals surface area contributed by atoms with Gasteiger partial charge in [0, 0.05) is 0 Å². The molecule has 5 atom stereocenters. The summed E-state index contributed by atoms with van der Waals surface area (Å²) in [6.07, 6.45) is 5.50. The highest BCUT2D eigenvalue weighted by atomic mass is 16.9. The number of rotatable bonds is 6. The van der Waals surface area contributed by atoms with E-state index in [-0.39, 0.29) is 12.1 Å². The van der Waals surface area contributed by atoms with Crippen LogP contribution in [0, 0.1) is 17.8 Å². The Morgan fingerprint density at radius 3 is 2.20 bits per heavy atom. The molecular formula is C30H37NO4. The summed E-state index contributed by atoms with van der Waals surface area (Å²) in [5, 5.41) is 0. The van der Waals surface area contributed by atoms with Crippen LogP contribution in [-0.2, 0) is 14.2 Å². The minimum Gasteiger partial charge on any atom is -0.433 e. The number of allylic oxidation sites excluding steroid dienone is 1. The second kappa shape index (κ2) is 9.69. The fourth-order valence-corrected chi connectivity index (χ4v) is 6.09. The van der Waals surface area contributed by atoms with Crippen molar-refractivity contribution >= 4 is 6.09 Å². The van der Waals surface area contributed by atoms with E-state index in [2.05, 4.69) is 45.0 Å². The molecule has 2 aromatic rings. The Balaban J connectivity index is 1.55. The highest BCUT2D eigenvalue weighted by Gasteiger charge is 2.62. The molecule has 0 N–H and O–H groups in total. The lowest BCUT2D eigenvalue weighted by Crippen LogP contribution is -2.54. The van der Waals surface area contributed by atoms with Crippen LogP contribution < -0.4 is 0 Å². The van der Waals surface area contributed by atoms with Gasteiger partial charge >= 0.3 is 12.1 Å². The number of hydrogen-bond donors (Lipinski definition) is 0. The van der Waals surface area contributed by atoms with Crippen LogP contribution in [0.2, 0.25) is 0 Å². The minimum atomic E-state index is -1.44. The third-order valence-electron chi connectivity index (χ3n) is 7.90. The van der Waals surface area contributed by atoms with Crippen molar-refractivity contribution in [3.8, 4) is 0 Å². The van der Waals surface area contributed by atoms with Crippen molar-refractivity contribution in [3.63, 3.8) is 0 Å². The molecule has 1 aliphatic carbocycles. The molecule has 0 radical (unpaired) electrons. The second-order valence-corrected chi connectivity index (χ2v) is 10.8. The topological polar surface area (TPSA) is 48.0 Å². The summed E-state index contributed by atoms with van der Waals surface area (Å²) in [5.74, 6) is 0.753. The van der Waals surface area contributed by atoms with Crippen molar-refractivity contribution in [1.82, 2.24) is 4.90 Å². The molecule has 2 heterocycles. The van der Waals surface area contributed by atoms with Crippen LogP contribution in [0.3, 0.4) is 0 Å². The van der Waals surface area contributed by atoms with E-state index in [1.807, 2.05) is 54.3 Å². The van der Waals surface area contributed by atoms with Crippen molar-refractivity contribution in [2.24, 2.45) is 17.8 Å². The summed E-state index contributed by atoms with van der Waals surface area (Å²) in [4.78, 5) is 15.5. The first-order chi connectivity index (χ1) is 16.9. The zero-order valence-electron chi connectivity index (χ0n) is 21.2. The Hall–Kier alpha value is -2.79. The first kappa shape index (κ1) is 23.9. The Kier molecular flexibility index (Phi) is 6.63. The fourth-order valence-electron chi connectivity index (χ4n) is 6.09. The number of benzene rings is 2. The normalized spacial score (nSPS) is 30.6. The predicted molar refractivity (Wildman–Crippen MR) is 135 cm³/mol. The molecule has 186 valence electrons. The molecule has 35 heavy (non-hydrogen) atoms. The third-order valence-corrected chi connectivity index (χ3v) is 7.90. The van der Waals surface area contributed by atoms with Crippen LogP contribution in [0.4, 0.5) is 4.79 Å². The van der Waals surface area contributed by atoms with Gasteiger partial charge in [-0.1, -0.05) is 87.9 Å². The molecule has 0 aromatic heterocycles. The zero-order valence-corrected chi connectivity index (χ0v) is 21.2. The minimum absolute atomic E-state index is 0.0215. The van der Waals surface area contributed by atoms with Crippen molar-refractivity contribution in [1.29, 1.82) is 0 Å². The molecule has 3 aliphatic rings. The van der Waals surface area contributed by atoms with E-state index in [4.69, 9.17) is 14.2 Å². The van der Waals surface area contributed by atoms with Gasteiger partial charge in [0.1, 0.15) is 6.04 Å². The molecule has 0 spiro atoms. The summed E-state index contributed by atoms with van der Waals surface area (Å²) in [6, 6.07) is 19.6. The number of amides is 1. The van der Waals surface area contributed by atoms with E-state index in [1.165, 1.54) is 6.42 Å². The maximum absolute atomic E-state index is 13.7. The quantitative estimate of drug-likeness (QED) is 0.449. The molecule has 5 rings (SSSR count). The Morgan fingerprint density at radius 2 is 1.60 bits per heavy atom. The lowest BCUT2D eigenvalue weighted by molar-refractivity contribution is -0.367. The van der Waals surface area contributed by atoms with Crippen molar-refractivity contribution in [2.45, 2.75) is 77.5 Å². The molecule has 5 nitrogen and oxygen atoms in total. The van der Waals surface area contributed by atoms with Gasteiger partial charge in [0.2, 0.25) is 0 Å². The standard InChI is InChI=1S/C30H37NO4/c1-20(2)25-17-15-21(3)19-26(25)34-30-27(18-16-22(4)33-30)31(29(32)35-30)28(23-11-7-5-8-12-23)24-13-9-6-10-14-24/h5-14,16,20-21,25-28H,15,17-19H2,1-4H3/t21-,25+,26?,27?,30?/m1/s1. The van der Waals surface area contributed by atoms with E-state index in [0.717, 1.165) is 29.7 Å². The van der Waals surface area contributed by atoms with Gasteiger partial charge in [-0.25, -0.2) is 4.79 Å². The molecule has 2 fully saturated rings. The molecule has 2 aliphatic heterocycles. The van der Waals surface area contributed by atoms with E-state index in [0.29, 0.717) is 24.2 Å². The van der Waals surface area contributed by atoms with Crippen LogP contribution >= 0.6 is 0 Å². The van der Waals surface area contributed by atoms with E-state index >= 15 is 0 Å². The highest BCUT2D eigenvalue weighted by Crippen LogP contribution is 2.48. The van der Waals surface area contributed by atoms with Crippen LogP contribution in [0.25, 0.3) is 0 Å². The van der Waals surface area contributed by atoms with Crippen LogP contribution in [0.15, 0.2) is 72.5 Å². The summed E-state index contributed by atoms with van der Waals surface area (Å²) in [6.45, 7) is 8.70. The van der Waals surface area contributed by atoms with Crippen molar-refractivity contribution in [2.75, 3.05) is 0 Å². The first-order valence-electron chi connectivity index (χ1n) is 13.0. The van der Waals surface area contributed by atoms with Crippen LogP contribution in [0.1, 0.15) is 70.5 Å².